The number of fused-ring (bicyclic) bond motifs is 20. The zero-order valence-corrected chi connectivity index (χ0v) is 69.7. The third-order valence-electron chi connectivity index (χ3n) is 37.6. The number of aliphatic hydroxyl groups excluding tert-OH is 1. The Morgan fingerprint density at radius 2 is 0.839 bits per heavy atom. The number of nitriles is 3. The number of aliphatic hydroxyl groups is 4. The van der Waals surface area contributed by atoms with Gasteiger partial charge in [-0.3, -0.25) is 14.4 Å². The second-order valence-electron chi connectivity index (χ2n) is 41.2. The molecule has 20 rings (SSSR count). The third-order valence-corrected chi connectivity index (χ3v) is 37.6. The minimum atomic E-state index is -0.804. The van der Waals surface area contributed by atoms with Crippen LogP contribution in [0.4, 0.5) is 0 Å². The molecule has 13 nitrogen and oxygen atoms in total. The van der Waals surface area contributed by atoms with Gasteiger partial charge in [-0.2, -0.15) is 15.8 Å². The van der Waals surface area contributed by atoms with Crippen molar-refractivity contribution in [2.24, 2.45) is 110 Å². The average Bonchev–Trinajstić information content (AvgIpc) is 1.56. The fourth-order valence-corrected chi connectivity index (χ4v) is 31.1. The van der Waals surface area contributed by atoms with E-state index >= 15 is 0 Å². The van der Waals surface area contributed by atoms with Gasteiger partial charge in [0.25, 0.3) is 0 Å². The predicted octanol–water partition coefficient (Wildman–Crippen LogP) is 20.9. The van der Waals surface area contributed by atoms with Crippen LogP contribution in [0.3, 0.4) is 0 Å². The molecule has 10 saturated carbocycles. The molecule has 0 aromatic carbocycles. The number of carbonyl (C=O) groups excluding carboxylic acids is 3. The Morgan fingerprint density at radius 1 is 0.393 bits per heavy atom. The topological polar surface area (TPSA) is 231 Å². The van der Waals surface area contributed by atoms with Crippen LogP contribution in [0.15, 0.2) is 103 Å². The van der Waals surface area contributed by atoms with E-state index in [9.17, 15) is 40.1 Å². The molecule has 20 aliphatic rings. The summed E-state index contributed by atoms with van der Waals surface area (Å²) in [6.07, 6.45) is 53.0. The average molecular weight is 1530 g/mol. The van der Waals surface area contributed by atoms with Crippen molar-refractivity contribution in [3.8, 4) is 18.2 Å². The van der Waals surface area contributed by atoms with E-state index in [0.717, 1.165) is 214 Å². The number of Topliss-reactive ketones (excluding diaryl/α,β-unsaturated/α-hetero) is 2. The highest BCUT2D eigenvalue weighted by atomic mass is 16.5. The van der Waals surface area contributed by atoms with E-state index in [2.05, 4.69) is 71.1 Å². The number of carbonyl (C=O) groups is 3. The lowest BCUT2D eigenvalue weighted by Crippen LogP contribution is -2.51. The zero-order valence-electron chi connectivity index (χ0n) is 69.7. The van der Waals surface area contributed by atoms with Crippen molar-refractivity contribution in [3.63, 3.8) is 0 Å². The molecule has 0 amide bonds. The largest absolute Gasteiger partial charge is 0.501 e. The number of allylic oxidation sites excluding steroid dienone is 15. The molecular formula is C99H135N3O10. The molecular weight excluding hydrogens is 1390 g/mol. The van der Waals surface area contributed by atoms with Crippen LogP contribution >= 0.6 is 0 Å². The first-order valence-electron chi connectivity index (χ1n) is 45.2. The molecule has 0 unspecified atom stereocenters. The maximum absolute atomic E-state index is 12.3. The number of ketones is 3. The molecule has 23 atom stereocenters. The molecule has 0 aromatic rings. The lowest BCUT2D eigenvalue weighted by molar-refractivity contribution is -0.129. The van der Waals surface area contributed by atoms with Gasteiger partial charge in [0.1, 0.15) is 11.6 Å². The zero-order chi connectivity index (χ0) is 78.7. The van der Waals surface area contributed by atoms with Crippen LogP contribution in [0.1, 0.15) is 317 Å². The maximum atomic E-state index is 12.3. The van der Waals surface area contributed by atoms with E-state index in [1.54, 1.807) is 65.9 Å². The quantitative estimate of drug-likeness (QED) is 0.182. The Morgan fingerprint density at radius 3 is 1.34 bits per heavy atom. The van der Waals surface area contributed by atoms with E-state index in [1.165, 1.54) is 99.5 Å². The summed E-state index contributed by atoms with van der Waals surface area (Å²) in [5.74, 6) is 14.2. The fraction of sp³-hybridized carbons (Fsp3) is 0.758. The SMILES string of the molecule is COC1=CCC2=C(CC[C@@H]3[C@@H]2CC[C@@]2(C)[C@H]3CC[C@@]2(O)CC#N)C1.COC1=CCC2=C(CC[C@@H]3[C@@H]2CC[C@]2(C)C(=O)CC[C@@H]32)C1.COC1=CCC2=C(CC[C@@H]3[C@@H]2CC[C@]2(C)[C@@H](O)CC[C@@H]32)C1.C[C@]12CCC3=C4CCC(=O)C=C4CC[C@H]3[C@@H]1CC[C@@]2(O)CC#N.C[C@]12CC[C@@H]3C4=C(CC[C@H]3[C@@H]1CC[C@@]2(O)CC#N)CC(=O)CC4. The summed E-state index contributed by atoms with van der Waals surface area (Å²) < 4.78 is 16.4. The number of nitrogens with zero attached hydrogens (tertiary/aromatic N) is 3. The minimum absolute atomic E-state index is 0.0153. The first kappa shape index (κ1) is 80.2. The molecule has 10 fully saturated rings. The standard InChI is InChI=1S/C21H29NO2.C20H27NO2.C20H25NO2.C19H28O2.C19H26O2/c1-20-9-7-17-16-6-4-15(24-2)13-14(16)3-5-18(17)19(20)8-10-21(20,23)11-12-22;2*1-19-8-6-16-15-5-3-14(22)12-13(15)2-4-17(16)18(19)7-9-20(19,23)10-11-21;2*1-19-10-9-15-14-6-4-13(21-2)11-12(14)3-5-16(15)17(19)7-8-18(19)20/h4,17-19,23H,3,5-11,13H2,1-2H3;16-18,23H,2-10,12H2,1H3;12,17-18,23H,2-10H2,1H3;4,15-18,20H,3,5-11H2,1-2H3;4,15-17H,3,5-11H2,1-2H3/t17-,18-,19+,20+,21-;16-,17-,18+,19+,20-;17-,18+,19+,20-;15-,16-,17+,18+,19+;15-,16-,17+,19+/m11111/s1. The van der Waals surface area contributed by atoms with Crippen molar-refractivity contribution < 1.29 is 49.0 Å². The van der Waals surface area contributed by atoms with Crippen LogP contribution in [0.5, 0.6) is 0 Å². The molecule has 4 N–H and O–H groups in total. The summed E-state index contributed by atoms with van der Waals surface area (Å²) in [5.41, 5.74) is 15.1. The van der Waals surface area contributed by atoms with E-state index in [4.69, 9.17) is 24.7 Å². The van der Waals surface area contributed by atoms with Gasteiger partial charge >= 0.3 is 0 Å². The van der Waals surface area contributed by atoms with Gasteiger partial charge < -0.3 is 34.6 Å². The Bertz CT molecular complexity index is 4190. The van der Waals surface area contributed by atoms with Gasteiger partial charge in [-0.15, -0.1) is 0 Å². The highest BCUT2D eigenvalue weighted by Crippen LogP contribution is 2.70. The van der Waals surface area contributed by atoms with Gasteiger partial charge in [0.05, 0.1) is 99.0 Å². The first-order chi connectivity index (χ1) is 53.7. The van der Waals surface area contributed by atoms with Gasteiger partial charge in [0, 0.05) is 66.6 Å². The van der Waals surface area contributed by atoms with Crippen molar-refractivity contribution in [2.75, 3.05) is 21.3 Å². The summed E-state index contributed by atoms with van der Waals surface area (Å²) in [6, 6.07) is 6.71. The van der Waals surface area contributed by atoms with E-state index in [0.29, 0.717) is 84.1 Å². The van der Waals surface area contributed by atoms with E-state index in [1.807, 2.05) is 6.08 Å². The van der Waals surface area contributed by atoms with Crippen molar-refractivity contribution in [1.29, 1.82) is 15.8 Å². The highest BCUT2D eigenvalue weighted by Gasteiger charge is 2.65. The summed E-state index contributed by atoms with van der Waals surface area (Å²) in [4.78, 5) is 35.8. The summed E-state index contributed by atoms with van der Waals surface area (Å²) in [6.45, 7) is 11.4. The predicted molar refractivity (Wildman–Crippen MR) is 434 cm³/mol. The molecule has 112 heavy (non-hydrogen) atoms. The molecule has 0 radical (unpaired) electrons. The highest BCUT2D eigenvalue weighted by molar-refractivity contribution is 5.93. The maximum Gasteiger partial charge on any atom is 0.156 e. The molecule has 0 aliphatic heterocycles. The van der Waals surface area contributed by atoms with Crippen LogP contribution < -0.4 is 0 Å². The lowest BCUT2D eigenvalue weighted by atomic mass is 9.52. The second-order valence-corrected chi connectivity index (χ2v) is 41.2. The van der Waals surface area contributed by atoms with Crippen molar-refractivity contribution in [2.45, 2.75) is 340 Å². The van der Waals surface area contributed by atoms with Crippen LogP contribution in [0.25, 0.3) is 0 Å². The second kappa shape index (κ2) is 31.0. The van der Waals surface area contributed by atoms with Crippen LogP contribution in [0, 0.1) is 144 Å². The van der Waals surface area contributed by atoms with E-state index in [-0.39, 0.29) is 51.8 Å². The molecule has 0 saturated heterocycles. The smallest absolute Gasteiger partial charge is 0.156 e. The van der Waals surface area contributed by atoms with E-state index < -0.39 is 16.8 Å². The van der Waals surface area contributed by atoms with Crippen molar-refractivity contribution in [1.82, 2.24) is 0 Å². The molecule has 20 aliphatic carbocycles. The van der Waals surface area contributed by atoms with Gasteiger partial charge in [-0.1, -0.05) is 84.8 Å². The summed E-state index contributed by atoms with van der Waals surface area (Å²) in [7, 11) is 5.37. The van der Waals surface area contributed by atoms with Crippen LogP contribution in [0.2, 0.25) is 0 Å². The van der Waals surface area contributed by atoms with Crippen molar-refractivity contribution in [3.05, 3.63) is 103 Å². The summed E-state index contributed by atoms with van der Waals surface area (Å²) in [5, 5.41) is 71.3. The molecule has 0 aromatic heterocycles. The summed E-state index contributed by atoms with van der Waals surface area (Å²) >= 11 is 0. The van der Waals surface area contributed by atoms with Crippen molar-refractivity contribution >= 4 is 17.3 Å². The number of methoxy groups -OCH3 is 3. The monoisotopic (exact) mass is 1530 g/mol. The molecule has 0 spiro atoms. The first-order valence-corrected chi connectivity index (χ1v) is 45.2. The minimum Gasteiger partial charge on any atom is -0.501 e. The van der Waals surface area contributed by atoms with Crippen LogP contribution in [-0.4, -0.2) is 82.0 Å². The normalized spacial score (nSPS) is 44.0. The molecule has 13 heteroatoms. The van der Waals surface area contributed by atoms with Gasteiger partial charge in [0.15, 0.2) is 5.78 Å². The van der Waals surface area contributed by atoms with Gasteiger partial charge in [0.2, 0.25) is 0 Å². The molecule has 606 valence electrons. The fourth-order valence-electron chi connectivity index (χ4n) is 31.1. The number of hydrogen-bond donors (Lipinski definition) is 4. The number of hydrogen-bond acceptors (Lipinski definition) is 13. The molecule has 0 heterocycles. The van der Waals surface area contributed by atoms with Gasteiger partial charge in [-0.05, 0) is 342 Å². The lowest BCUT2D eigenvalue weighted by Gasteiger charge is -2.53. The Kier molecular flexibility index (Phi) is 22.2. The Balaban J connectivity index is 0.000000106. The number of ether oxygens (including phenoxy) is 3. The Hall–Kier alpha value is -5.62. The Labute approximate surface area is 670 Å². The third kappa shape index (κ3) is 13.3. The van der Waals surface area contributed by atoms with Gasteiger partial charge in [-0.25, -0.2) is 0 Å². The number of rotatable bonds is 6. The molecule has 0 bridgehead atoms. The van der Waals surface area contributed by atoms with Crippen LogP contribution in [-0.2, 0) is 28.6 Å².